The molecule has 0 bridgehead atoms. The lowest BCUT2D eigenvalue weighted by atomic mass is 9.79. The molecule has 2 fully saturated rings. The number of rotatable bonds is 6. The van der Waals surface area contributed by atoms with Crippen molar-refractivity contribution in [1.82, 2.24) is 10.6 Å². The van der Waals surface area contributed by atoms with Gasteiger partial charge in [0.2, 0.25) is 0 Å². The minimum atomic E-state index is 0.398. The molecule has 1 aliphatic heterocycles. The van der Waals surface area contributed by atoms with Gasteiger partial charge in [-0.25, -0.2) is 0 Å². The van der Waals surface area contributed by atoms with Crippen molar-refractivity contribution in [3.63, 3.8) is 0 Å². The SMILES string of the molecule is COCC1(CNCC2CC2)CCNCC1. The summed E-state index contributed by atoms with van der Waals surface area (Å²) >= 11 is 0. The van der Waals surface area contributed by atoms with E-state index in [0.717, 1.165) is 32.2 Å². The van der Waals surface area contributed by atoms with E-state index in [1.165, 1.54) is 32.2 Å². The molecule has 2 N–H and O–H groups in total. The Kier molecular flexibility index (Phi) is 4.00. The Bertz CT molecular complexity index is 181. The lowest BCUT2D eigenvalue weighted by Gasteiger charge is -2.37. The van der Waals surface area contributed by atoms with Crippen LogP contribution < -0.4 is 10.6 Å². The van der Waals surface area contributed by atoms with Crippen molar-refractivity contribution in [1.29, 1.82) is 0 Å². The number of nitrogens with one attached hydrogen (secondary N) is 2. The van der Waals surface area contributed by atoms with Gasteiger partial charge in [-0.2, -0.15) is 0 Å². The van der Waals surface area contributed by atoms with Crippen molar-refractivity contribution in [3.8, 4) is 0 Å². The van der Waals surface area contributed by atoms with Gasteiger partial charge in [0.1, 0.15) is 0 Å². The number of piperidine rings is 1. The molecule has 3 heteroatoms. The Balaban J connectivity index is 1.74. The first-order valence-corrected chi connectivity index (χ1v) is 6.25. The van der Waals surface area contributed by atoms with E-state index < -0.39 is 0 Å². The summed E-state index contributed by atoms with van der Waals surface area (Å²) in [5.41, 5.74) is 0.398. The first-order valence-electron chi connectivity index (χ1n) is 6.25. The van der Waals surface area contributed by atoms with Crippen LogP contribution in [0.3, 0.4) is 0 Å². The number of methoxy groups -OCH3 is 1. The Morgan fingerprint density at radius 1 is 1.33 bits per heavy atom. The van der Waals surface area contributed by atoms with Crippen LogP contribution in [0.1, 0.15) is 25.7 Å². The Labute approximate surface area is 93.0 Å². The molecule has 0 spiro atoms. The van der Waals surface area contributed by atoms with Gasteiger partial charge in [-0.05, 0) is 51.2 Å². The maximum atomic E-state index is 5.39. The van der Waals surface area contributed by atoms with E-state index in [4.69, 9.17) is 4.74 Å². The molecule has 1 heterocycles. The molecule has 0 unspecified atom stereocenters. The summed E-state index contributed by atoms with van der Waals surface area (Å²) in [5, 5.41) is 7.06. The fraction of sp³-hybridized carbons (Fsp3) is 1.00. The van der Waals surface area contributed by atoms with Gasteiger partial charge < -0.3 is 15.4 Å². The molecule has 88 valence electrons. The molecule has 0 amide bonds. The highest BCUT2D eigenvalue weighted by molar-refractivity contribution is 4.87. The highest BCUT2D eigenvalue weighted by Crippen LogP contribution is 2.30. The summed E-state index contributed by atoms with van der Waals surface area (Å²) < 4.78 is 5.39. The fourth-order valence-corrected chi connectivity index (χ4v) is 2.50. The molecule has 0 aromatic heterocycles. The molecule has 2 rings (SSSR count). The smallest absolute Gasteiger partial charge is 0.0531 e. The third kappa shape index (κ3) is 3.44. The van der Waals surface area contributed by atoms with Gasteiger partial charge in [0.05, 0.1) is 6.61 Å². The molecule has 0 radical (unpaired) electrons. The molecule has 2 aliphatic rings. The summed E-state index contributed by atoms with van der Waals surface area (Å²) in [5.74, 6) is 0.978. The average molecular weight is 212 g/mol. The molecule has 1 saturated heterocycles. The van der Waals surface area contributed by atoms with Crippen molar-refractivity contribution < 1.29 is 4.74 Å². The monoisotopic (exact) mass is 212 g/mol. The van der Waals surface area contributed by atoms with Crippen molar-refractivity contribution in [2.45, 2.75) is 25.7 Å². The van der Waals surface area contributed by atoms with Gasteiger partial charge >= 0.3 is 0 Å². The normalized spacial score (nSPS) is 25.4. The van der Waals surface area contributed by atoms with Crippen LogP contribution in [0, 0.1) is 11.3 Å². The van der Waals surface area contributed by atoms with Crippen LogP contribution in [0.4, 0.5) is 0 Å². The predicted octanol–water partition coefficient (Wildman–Crippen LogP) is 1.00. The molecule has 0 atom stereocenters. The van der Waals surface area contributed by atoms with Crippen molar-refractivity contribution in [2.24, 2.45) is 11.3 Å². The van der Waals surface area contributed by atoms with Gasteiger partial charge in [0, 0.05) is 19.1 Å². The molecule has 3 nitrogen and oxygen atoms in total. The zero-order chi connectivity index (χ0) is 10.6. The van der Waals surface area contributed by atoms with E-state index in [1.807, 2.05) is 7.11 Å². The van der Waals surface area contributed by atoms with Crippen molar-refractivity contribution >= 4 is 0 Å². The van der Waals surface area contributed by atoms with E-state index in [0.29, 0.717) is 5.41 Å². The minimum Gasteiger partial charge on any atom is -0.384 e. The second kappa shape index (κ2) is 5.28. The Hall–Kier alpha value is -0.120. The molecule has 15 heavy (non-hydrogen) atoms. The van der Waals surface area contributed by atoms with Crippen LogP contribution in [-0.4, -0.2) is 39.9 Å². The van der Waals surface area contributed by atoms with Crippen LogP contribution in [0.2, 0.25) is 0 Å². The first-order chi connectivity index (χ1) is 7.35. The van der Waals surface area contributed by atoms with E-state index in [9.17, 15) is 0 Å². The number of hydrogen-bond donors (Lipinski definition) is 2. The lowest BCUT2D eigenvalue weighted by Crippen LogP contribution is -2.46. The summed E-state index contributed by atoms with van der Waals surface area (Å²) in [6.07, 6.45) is 5.37. The third-order valence-electron chi connectivity index (χ3n) is 3.74. The second-order valence-electron chi connectivity index (χ2n) is 5.26. The van der Waals surface area contributed by atoms with Gasteiger partial charge in [-0.1, -0.05) is 0 Å². The van der Waals surface area contributed by atoms with Gasteiger partial charge in [-0.15, -0.1) is 0 Å². The van der Waals surface area contributed by atoms with Gasteiger partial charge in [-0.3, -0.25) is 0 Å². The second-order valence-corrected chi connectivity index (χ2v) is 5.26. The maximum Gasteiger partial charge on any atom is 0.0531 e. The number of ether oxygens (including phenoxy) is 1. The first kappa shape index (κ1) is 11.4. The standard InChI is InChI=1S/C12H24N2O/c1-15-10-12(4-6-13-7-5-12)9-14-8-11-2-3-11/h11,13-14H,2-10H2,1H3. The molecular weight excluding hydrogens is 188 g/mol. The minimum absolute atomic E-state index is 0.398. The van der Waals surface area contributed by atoms with Crippen LogP contribution in [0.15, 0.2) is 0 Å². The Morgan fingerprint density at radius 3 is 2.67 bits per heavy atom. The molecule has 0 aromatic carbocycles. The fourth-order valence-electron chi connectivity index (χ4n) is 2.50. The third-order valence-corrected chi connectivity index (χ3v) is 3.74. The Morgan fingerprint density at radius 2 is 2.07 bits per heavy atom. The summed E-state index contributed by atoms with van der Waals surface area (Å²) in [4.78, 5) is 0. The van der Waals surface area contributed by atoms with Crippen molar-refractivity contribution in [2.75, 3.05) is 39.9 Å². The van der Waals surface area contributed by atoms with Crippen LogP contribution in [0.5, 0.6) is 0 Å². The highest BCUT2D eigenvalue weighted by atomic mass is 16.5. The molecule has 0 aromatic rings. The largest absolute Gasteiger partial charge is 0.384 e. The van der Waals surface area contributed by atoms with Crippen LogP contribution >= 0.6 is 0 Å². The zero-order valence-electron chi connectivity index (χ0n) is 9.85. The van der Waals surface area contributed by atoms with Crippen LogP contribution in [0.25, 0.3) is 0 Å². The molecule has 1 aliphatic carbocycles. The average Bonchev–Trinajstić information content (AvgIpc) is 3.04. The van der Waals surface area contributed by atoms with Crippen LogP contribution in [-0.2, 0) is 4.74 Å². The van der Waals surface area contributed by atoms with Crippen molar-refractivity contribution in [3.05, 3.63) is 0 Å². The van der Waals surface area contributed by atoms with Gasteiger partial charge in [0.15, 0.2) is 0 Å². The van der Waals surface area contributed by atoms with E-state index in [-0.39, 0.29) is 0 Å². The van der Waals surface area contributed by atoms with E-state index >= 15 is 0 Å². The number of hydrogen-bond acceptors (Lipinski definition) is 3. The molecular formula is C12H24N2O. The topological polar surface area (TPSA) is 33.3 Å². The summed E-state index contributed by atoms with van der Waals surface area (Å²) in [6.45, 7) is 5.56. The quantitative estimate of drug-likeness (QED) is 0.689. The van der Waals surface area contributed by atoms with E-state index in [1.54, 1.807) is 0 Å². The van der Waals surface area contributed by atoms with Gasteiger partial charge in [0.25, 0.3) is 0 Å². The molecule has 1 saturated carbocycles. The maximum absolute atomic E-state index is 5.39. The predicted molar refractivity (Wildman–Crippen MR) is 62.0 cm³/mol. The zero-order valence-corrected chi connectivity index (χ0v) is 9.85. The lowest BCUT2D eigenvalue weighted by molar-refractivity contribution is 0.0536. The summed E-state index contributed by atoms with van der Waals surface area (Å²) in [6, 6.07) is 0. The summed E-state index contributed by atoms with van der Waals surface area (Å²) in [7, 11) is 1.82. The van der Waals surface area contributed by atoms with E-state index in [2.05, 4.69) is 10.6 Å². The highest BCUT2D eigenvalue weighted by Gasteiger charge is 2.32.